The Bertz CT molecular complexity index is 1410. The van der Waals surface area contributed by atoms with Crippen LogP contribution < -0.4 is 10.2 Å². The number of aromatic nitrogens is 2. The quantitative estimate of drug-likeness (QED) is 0.393. The predicted molar refractivity (Wildman–Crippen MR) is 147 cm³/mol. The molecule has 0 aliphatic carbocycles. The SMILES string of the molecule is N#Cc1cc(-c2ccnc(C=Cc3ccccc3)c2)[nH]c1N1CCN(C(=O)NCc2ccccc2)CC1. The molecule has 0 spiro atoms. The number of pyridine rings is 1. The van der Waals surface area contributed by atoms with E-state index in [1.807, 2.05) is 95.9 Å². The van der Waals surface area contributed by atoms with Crippen molar-refractivity contribution < 1.29 is 4.79 Å². The summed E-state index contributed by atoms with van der Waals surface area (Å²) in [6, 6.07) is 28.1. The van der Waals surface area contributed by atoms with Crippen LogP contribution in [-0.4, -0.2) is 47.1 Å². The van der Waals surface area contributed by atoms with Gasteiger partial charge in [0, 0.05) is 50.2 Å². The monoisotopic (exact) mass is 488 g/mol. The van der Waals surface area contributed by atoms with Gasteiger partial charge in [0.15, 0.2) is 0 Å². The lowest BCUT2D eigenvalue weighted by Gasteiger charge is -2.35. The smallest absolute Gasteiger partial charge is 0.317 e. The van der Waals surface area contributed by atoms with Crippen molar-refractivity contribution >= 4 is 24.0 Å². The van der Waals surface area contributed by atoms with Gasteiger partial charge in [-0.25, -0.2) is 4.79 Å². The molecule has 7 heteroatoms. The number of nitrogens with zero attached hydrogens (tertiary/aromatic N) is 4. The van der Waals surface area contributed by atoms with E-state index < -0.39 is 0 Å². The Kier molecular flexibility index (Phi) is 7.28. The van der Waals surface area contributed by atoms with Crippen LogP contribution in [0.25, 0.3) is 23.4 Å². The van der Waals surface area contributed by atoms with E-state index >= 15 is 0 Å². The molecule has 2 aromatic heterocycles. The Hall–Kier alpha value is -4.83. The van der Waals surface area contributed by atoms with Crippen molar-refractivity contribution in [3.8, 4) is 17.3 Å². The number of piperazine rings is 1. The fourth-order valence-corrected chi connectivity index (χ4v) is 4.41. The highest BCUT2D eigenvalue weighted by molar-refractivity contribution is 5.75. The van der Waals surface area contributed by atoms with Crippen molar-refractivity contribution in [1.82, 2.24) is 20.2 Å². The second-order valence-electron chi connectivity index (χ2n) is 8.89. The molecular formula is C30H28N6O. The Balaban J connectivity index is 1.24. The van der Waals surface area contributed by atoms with Gasteiger partial charge in [-0.3, -0.25) is 4.98 Å². The lowest BCUT2D eigenvalue weighted by Crippen LogP contribution is -2.52. The molecule has 3 heterocycles. The Morgan fingerprint density at radius 3 is 2.43 bits per heavy atom. The van der Waals surface area contributed by atoms with E-state index in [1.54, 1.807) is 6.20 Å². The van der Waals surface area contributed by atoms with Crippen LogP contribution in [0.4, 0.5) is 10.6 Å². The first-order valence-electron chi connectivity index (χ1n) is 12.3. The number of nitriles is 1. The first kappa shape index (κ1) is 23.9. The number of benzene rings is 2. The number of amides is 2. The third-order valence-corrected chi connectivity index (χ3v) is 6.43. The second kappa shape index (κ2) is 11.3. The first-order chi connectivity index (χ1) is 18.2. The van der Waals surface area contributed by atoms with E-state index in [0.29, 0.717) is 38.3 Å². The number of anilines is 1. The molecule has 7 nitrogen and oxygen atoms in total. The van der Waals surface area contributed by atoms with E-state index in [0.717, 1.165) is 33.9 Å². The normalized spacial score (nSPS) is 13.5. The summed E-state index contributed by atoms with van der Waals surface area (Å²) < 4.78 is 0. The fraction of sp³-hybridized carbons (Fsp3) is 0.167. The zero-order valence-electron chi connectivity index (χ0n) is 20.5. The Labute approximate surface area is 216 Å². The van der Waals surface area contributed by atoms with Crippen LogP contribution in [0.5, 0.6) is 0 Å². The van der Waals surface area contributed by atoms with Gasteiger partial charge in [-0.2, -0.15) is 5.26 Å². The zero-order chi connectivity index (χ0) is 25.5. The maximum Gasteiger partial charge on any atom is 0.317 e. The number of urea groups is 1. The van der Waals surface area contributed by atoms with Crippen molar-refractivity contribution in [1.29, 1.82) is 5.26 Å². The molecule has 1 aliphatic heterocycles. The highest BCUT2D eigenvalue weighted by Crippen LogP contribution is 2.28. The molecule has 1 aliphatic rings. The fourth-order valence-electron chi connectivity index (χ4n) is 4.41. The highest BCUT2D eigenvalue weighted by atomic mass is 16.2. The van der Waals surface area contributed by atoms with Gasteiger partial charge in [0.05, 0.1) is 11.3 Å². The molecule has 2 amide bonds. The van der Waals surface area contributed by atoms with Gasteiger partial charge < -0.3 is 20.1 Å². The number of carbonyl (C=O) groups is 1. The first-order valence-corrected chi connectivity index (χ1v) is 12.3. The summed E-state index contributed by atoms with van der Waals surface area (Å²) in [5, 5.41) is 12.8. The van der Waals surface area contributed by atoms with Gasteiger partial charge >= 0.3 is 6.03 Å². The van der Waals surface area contributed by atoms with Crippen LogP contribution in [0.15, 0.2) is 85.1 Å². The van der Waals surface area contributed by atoms with E-state index in [1.165, 1.54) is 0 Å². The molecule has 2 N–H and O–H groups in total. The van der Waals surface area contributed by atoms with Gasteiger partial charge in [-0.1, -0.05) is 66.7 Å². The van der Waals surface area contributed by atoms with Crippen LogP contribution >= 0.6 is 0 Å². The minimum Gasteiger partial charge on any atom is -0.354 e. The third-order valence-electron chi connectivity index (χ3n) is 6.43. The van der Waals surface area contributed by atoms with Crippen LogP contribution in [-0.2, 0) is 6.54 Å². The summed E-state index contributed by atoms with van der Waals surface area (Å²) in [7, 11) is 0. The molecule has 0 unspecified atom stereocenters. The van der Waals surface area contributed by atoms with E-state index in [4.69, 9.17) is 0 Å². The van der Waals surface area contributed by atoms with Gasteiger partial charge in [-0.15, -0.1) is 0 Å². The Morgan fingerprint density at radius 1 is 0.973 bits per heavy atom. The van der Waals surface area contributed by atoms with Crippen molar-refractivity contribution in [2.45, 2.75) is 6.54 Å². The molecule has 184 valence electrons. The number of aromatic amines is 1. The number of rotatable bonds is 6. The van der Waals surface area contributed by atoms with E-state index in [-0.39, 0.29) is 6.03 Å². The minimum absolute atomic E-state index is 0.0657. The number of nitrogens with one attached hydrogen (secondary N) is 2. The minimum atomic E-state index is -0.0657. The predicted octanol–water partition coefficient (Wildman–Crippen LogP) is 5.15. The molecule has 0 saturated carbocycles. The molecule has 1 fully saturated rings. The number of hydrogen-bond donors (Lipinski definition) is 2. The van der Waals surface area contributed by atoms with Crippen LogP contribution in [0.3, 0.4) is 0 Å². The summed E-state index contributed by atoms with van der Waals surface area (Å²) in [5.41, 5.74) is 5.44. The van der Waals surface area contributed by atoms with Crippen LogP contribution in [0.1, 0.15) is 22.4 Å². The zero-order valence-corrected chi connectivity index (χ0v) is 20.5. The topological polar surface area (TPSA) is 88.1 Å². The van der Waals surface area contributed by atoms with E-state index in [9.17, 15) is 10.1 Å². The molecule has 2 aromatic carbocycles. The highest BCUT2D eigenvalue weighted by Gasteiger charge is 2.24. The molecule has 0 radical (unpaired) electrons. The molecule has 1 saturated heterocycles. The van der Waals surface area contributed by atoms with Crippen molar-refractivity contribution in [3.63, 3.8) is 0 Å². The lowest BCUT2D eigenvalue weighted by molar-refractivity contribution is 0.194. The van der Waals surface area contributed by atoms with Crippen molar-refractivity contribution in [3.05, 3.63) is 107 Å². The molecule has 4 aromatic rings. The van der Waals surface area contributed by atoms with E-state index in [2.05, 4.69) is 26.3 Å². The average Bonchev–Trinajstić information content (AvgIpc) is 3.41. The van der Waals surface area contributed by atoms with Gasteiger partial charge in [0.1, 0.15) is 11.9 Å². The summed E-state index contributed by atoms with van der Waals surface area (Å²) >= 11 is 0. The summed E-state index contributed by atoms with van der Waals surface area (Å²) in [5.74, 6) is 0.792. The number of H-pyrrole nitrogens is 1. The molecule has 0 bridgehead atoms. The van der Waals surface area contributed by atoms with Gasteiger partial charge in [0.25, 0.3) is 0 Å². The number of carbonyl (C=O) groups excluding carboxylic acids is 1. The molecule has 0 atom stereocenters. The standard InChI is InChI=1S/C30H28N6O/c31-21-26-20-28(25-13-14-32-27(19-25)12-11-23-7-3-1-4-8-23)34-29(26)35-15-17-36(18-16-35)30(37)33-22-24-9-5-2-6-10-24/h1-14,19-20,34H,15-18,22H2,(H,33,37). The Morgan fingerprint density at radius 2 is 1.70 bits per heavy atom. The third kappa shape index (κ3) is 5.88. The summed E-state index contributed by atoms with van der Waals surface area (Å²) in [6.07, 6.45) is 5.79. The maximum atomic E-state index is 12.6. The number of hydrogen-bond acceptors (Lipinski definition) is 4. The summed E-state index contributed by atoms with van der Waals surface area (Å²) in [6.45, 7) is 2.98. The second-order valence-corrected chi connectivity index (χ2v) is 8.89. The average molecular weight is 489 g/mol. The van der Waals surface area contributed by atoms with Crippen LogP contribution in [0.2, 0.25) is 0 Å². The van der Waals surface area contributed by atoms with Crippen LogP contribution in [0, 0.1) is 11.3 Å². The van der Waals surface area contributed by atoms with Crippen molar-refractivity contribution in [2.24, 2.45) is 0 Å². The molecule has 5 rings (SSSR count). The van der Waals surface area contributed by atoms with Crippen molar-refractivity contribution in [2.75, 3.05) is 31.1 Å². The molecule has 37 heavy (non-hydrogen) atoms. The van der Waals surface area contributed by atoms with Gasteiger partial charge in [-0.05, 0) is 35.4 Å². The maximum absolute atomic E-state index is 12.6. The lowest BCUT2D eigenvalue weighted by atomic mass is 10.1. The molecular weight excluding hydrogens is 460 g/mol. The van der Waals surface area contributed by atoms with Gasteiger partial charge in [0.2, 0.25) is 0 Å². The largest absolute Gasteiger partial charge is 0.354 e. The summed E-state index contributed by atoms with van der Waals surface area (Å²) in [4.78, 5) is 24.5.